The topological polar surface area (TPSA) is 75.3 Å². The zero-order valence-electron chi connectivity index (χ0n) is 16.0. The van der Waals surface area contributed by atoms with Gasteiger partial charge in [-0.15, -0.1) is 0 Å². The number of carbonyl (C=O) groups is 1. The number of aromatic nitrogens is 2. The Bertz CT molecular complexity index is 1050. The maximum atomic E-state index is 12.8. The molecular weight excluding hydrogens is 378 g/mol. The van der Waals surface area contributed by atoms with E-state index in [9.17, 15) is 9.59 Å². The minimum Gasteiger partial charge on any atom is -0.481 e. The zero-order valence-corrected chi connectivity index (χ0v) is 16.8. The number of likely N-dealkylation sites (N-methyl/N-ethyl adjacent to an activating group) is 1. The average molecular weight is 400 g/mol. The molecule has 3 rings (SSSR count). The fraction of sp³-hybridized carbons (Fsp3) is 0.286. The number of benzene rings is 2. The van der Waals surface area contributed by atoms with E-state index in [0.29, 0.717) is 34.0 Å². The Balaban J connectivity index is 1.77. The standard InChI is InChI=1S/C21H22ClN3O3/c1-4-25(21(27)14(3)28-16-8-5-13(2)6-9-16)12-19-23-18-11-15(22)7-10-17(18)20(26)24-19/h5-11,14H,4,12H2,1-3H3,(H,23,24,26)/t14-/m0/s1. The molecule has 3 aromatic rings. The molecule has 0 fully saturated rings. The first kappa shape index (κ1) is 19.9. The third kappa shape index (κ3) is 4.51. The maximum absolute atomic E-state index is 12.8. The molecule has 1 N–H and O–H groups in total. The first-order chi connectivity index (χ1) is 13.4. The van der Waals surface area contributed by atoms with Gasteiger partial charge in [-0.1, -0.05) is 29.3 Å². The highest BCUT2D eigenvalue weighted by molar-refractivity contribution is 6.31. The second kappa shape index (κ2) is 8.44. The van der Waals surface area contributed by atoms with Crippen LogP contribution >= 0.6 is 11.6 Å². The molecule has 0 spiro atoms. The van der Waals surface area contributed by atoms with Gasteiger partial charge >= 0.3 is 0 Å². The van der Waals surface area contributed by atoms with Crippen molar-refractivity contribution < 1.29 is 9.53 Å². The van der Waals surface area contributed by atoms with Crippen LogP contribution in [0.2, 0.25) is 5.02 Å². The molecule has 0 saturated heterocycles. The summed E-state index contributed by atoms with van der Waals surface area (Å²) in [7, 11) is 0. The molecule has 6 nitrogen and oxygen atoms in total. The van der Waals surface area contributed by atoms with E-state index in [-0.39, 0.29) is 18.0 Å². The van der Waals surface area contributed by atoms with E-state index >= 15 is 0 Å². The molecule has 1 amide bonds. The molecule has 0 aliphatic rings. The Morgan fingerprint density at radius 1 is 1.25 bits per heavy atom. The molecule has 146 valence electrons. The summed E-state index contributed by atoms with van der Waals surface area (Å²) in [5, 5.41) is 0.957. The minimum atomic E-state index is -0.663. The summed E-state index contributed by atoms with van der Waals surface area (Å²) in [5.74, 6) is 0.851. The first-order valence-corrected chi connectivity index (χ1v) is 9.45. The van der Waals surface area contributed by atoms with Crippen LogP contribution in [0.25, 0.3) is 10.9 Å². The number of ether oxygens (including phenoxy) is 1. The minimum absolute atomic E-state index is 0.175. The van der Waals surface area contributed by atoms with Crippen LogP contribution in [0, 0.1) is 6.92 Å². The van der Waals surface area contributed by atoms with Gasteiger partial charge in [0.2, 0.25) is 0 Å². The quantitative estimate of drug-likeness (QED) is 0.685. The Morgan fingerprint density at radius 2 is 1.96 bits per heavy atom. The Hall–Kier alpha value is -2.86. The summed E-state index contributed by atoms with van der Waals surface area (Å²) in [6.07, 6.45) is -0.663. The van der Waals surface area contributed by atoms with E-state index in [0.717, 1.165) is 5.56 Å². The van der Waals surface area contributed by atoms with Gasteiger partial charge in [-0.05, 0) is 51.1 Å². The highest BCUT2D eigenvalue weighted by Crippen LogP contribution is 2.16. The van der Waals surface area contributed by atoms with Crippen molar-refractivity contribution >= 4 is 28.4 Å². The number of nitrogens with one attached hydrogen (secondary N) is 1. The second-order valence-electron chi connectivity index (χ2n) is 6.60. The number of amides is 1. The van der Waals surface area contributed by atoms with Crippen LogP contribution in [0.15, 0.2) is 47.3 Å². The summed E-state index contributed by atoms with van der Waals surface area (Å²) in [5.41, 5.74) is 1.36. The molecular formula is C21H22ClN3O3. The number of H-pyrrole nitrogens is 1. The normalized spacial score (nSPS) is 12.0. The Kier molecular flexibility index (Phi) is 5.99. The number of rotatable bonds is 6. The fourth-order valence-electron chi connectivity index (χ4n) is 2.89. The van der Waals surface area contributed by atoms with Crippen molar-refractivity contribution in [3.05, 3.63) is 69.2 Å². The van der Waals surface area contributed by atoms with E-state index < -0.39 is 6.10 Å². The van der Waals surface area contributed by atoms with Crippen molar-refractivity contribution in [3.8, 4) is 5.75 Å². The highest BCUT2D eigenvalue weighted by atomic mass is 35.5. The van der Waals surface area contributed by atoms with Gasteiger partial charge in [0.1, 0.15) is 11.6 Å². The number of hydrogen-bond acceptors (Lipinski definition) is 4. The van der Waals surface area contributed by atoms with Crippen LogP contribution in [0.5, 0.6) is 5.75 Å². The van der Waals surface area contributed by atoms with Crippen LogP contribution in [0.4, 0.5) is 0 Å². The molecule has 0 aliphatic heterocycles. The third-order valence-electron chi connectivity index (χ3n) is 4.43. The largest absolute Gasteiger partial charge is 0.481 e. The number of nitrogens with zero attached hydrogens (tertiary/aromatic N) is 2. The lowest BCUT2D eigenvalue weighted by Crippen LogP contribution is -2.40. The Morgan fingerprint density at radius 3 is 2.64 bits per heavy atom. The van der Waals surface area contributed by atoms with Crippen molar-refractivity contribution in [1.29, 1.82) is 0 Å². The van der Waals surface area contributed by atoms with E-state index in [1.807, 2.05) is 38.1 Å². The van der Waals surface area contributed by atoms with Crippen LogP contribution in [0.3, 0.4) is 0 Å². The van der Waals surface area contributed by atoms with E-state index in [2.05, 4.69) is 9.97 Å². The van der Waals surface area contributed by atoms with E-state index in [4.69, 9.17) is 16.3 Å². The molecule has 0 aliphatic carbocycles. The lowest BCUT2D eigenvalue weighted by Gasteiger charge is -2.24. The lowest BCUT2D eigenvalue weighted by atomic mass is 10.2. The van der Waals surface area contributed by atoms with E-state index in [1.165, 1.54) is 0 Å². The SMILES string of the molecule is CCN(Cc1nc2cc(Cl)ccc2c(=O)[nH]1)C(=O)[C@H](C)Oc1ccc(C)cc1. The maximum Gasteiger partial charge on any atom is 0.263 e. The predicted molar refractivity (Wildman–Crippen MR) is 110 cm³/mol. The number of fused-ring (bicyclic) bond motifs is 1. The summed E-state index contributed by atoms with van der Waals surface area (Å²) in [4.78, 5) is 33.9. The van der Waals surface area contributed by atoms with E-state index in [1.54, 1.807) is 30.0 Å². The summed E-state index contributed by atoms with van der Waals surface area (Å²) in [6, 6.07) is 12.4. The third-order valence-corrected chi connectivity index (χ3v) is 4.67. The van der Waals surface area contributed by atoms with Gasteiger partial charge in [0.15, 0.2) is 6.10 Å². The van der Waals surface area contributed by atoms with Gasteiger partial charge in [0.05, 0.1) is 17.4 Å². The molecule has 0 saturated carbocycles. The summed E-state index contributed by atoms with van der Waals surface area (Å²) in [6.45, 7) is 6.20. The monoisotopic (exact) mass is 399 g/mol. The van der Waals surface area contributed by atoms with Crippen LogP contribution in [-0.4, -0.2) is 33.4 Å². The molecule has 2 aromatic carbocycles. The Labute approximate surface area is 168 Å². The van der Waals surface area contributed by atoms with Crippen molar-refractivity contribution in [2.24, 2.45) is 0 Å². The smallest absolute Gasteiger partial charge is 0.263 e. The molecule has 1 heterocycles. The number of carbonyl (C=O) groups excluding carboxylic acids is 1. The molecule has 1 atom stereocenters. The van der Waals surface area contributed by atoms with Gasteiger partial charge < -0.3 is 14.6 Å². The molecule has 28 heavy (non-hydrogen) atoms. The van der Waals surface area contributed by atoms with Gasteiger partial charge in [-0.2, -0.15) is 0 Å². The average Bonchev–Trinajstić information content (AvgIpc) is 2.67. The van der Waals surface area contributed by atoms with Gasteiger partial charge in [-0.3, -0.25) is 9.59 Å². The molecule has 0 radical (unpaired) electrons. The second-order valence-corrected chi connectivity index (χ2v) is 7.04. The van der Waals surface area contributed by atoms with Gasteiger partial charge in [0, 0.05) is 11.6 Å². The fourth-order valence-corrected chi connectivity index (χ4v) is 3.06. The van der Waals surface area contributed by atoms with Crippen molar-refractivity contribution in [2.45, 2.75) is 33.4 Å². The lowest BCUT2D eigenvalue weighted by molar-refractivity contribution is -0.138. The molecule has 1 aromatic heterocycles. The van der Waals surface area contributed by atoms with Crippen molar-refractivity contribution in [2.75, 3.05) is 6.54 Å². The highest BCUT2D eigenvalue weighted by Gasteiger charge is 2.22. The van der Waals surface area contributed by atoms with Crippen LogP contribution in [0.1, 0.15) is 25.2 Å². The summed E-state index contributed by atoms with van der Waals surface area (Å²) < 4.78 is 5.76. The van der Waals surface area contributed by atoms with Crippen molar-refractivity contribution in [3.63, 3.8) is 0 Å². The van der Waals surface area contributed by atoms with Gasteiger partial charge in [-0.25, -0.2) is 4.98 Å². The molecule has 0 bridgehead atoms. The molecule has 0 unspecified atom stereocenters. The van der Waals surface area contributed by atoms with Crippen LogP contribution in [-0.2, 0) is 11.3 Å². The van der Waals surface area contributed by atoms with Crippen LogP contribution < -0.4 is 10.3 Å². The predicted octanol–water partition coefficient (Wildman–Crippen LogP) is 3.70. The number of hydrogen-bond donors (Lipinski definition) is 1. The number of aromatic amines is 1. The molecule has 7 heteroatoms. The summed E-state index contributed by atoms with van der Waals surface area (Å²) >= 11 is 6.00. The van der Waals surface area contributed by atoms with Crippen molar-refractivity contribution in [1.82, 2.24) is 14.9 Å². The van der Waals surface area contributed by atoms with Gasteiger partial charge in [0.25, 0.3) is 11.5 Å². The number of aryl methyl sites for hydroxylation is 1. The zero-order chi connectivity index (χ0) is 20.3. The first-order valence-electron chi connectivity index (χ1n) is 9.08. The number of halogens is 1.